The summed E-state index contributed by atoms with van der Waals surface area (Å²) >= 11 is 1.71. The number of thiophene rings is 1. The standard InChI is InChI=1S/C14H10N2S/c1-2-6-14-13(5-1)15-10-11(16-14)7-8-12-4-3-9-17-12/h1-10H/b8-7+. The minimum Gasteiger partial charge on any atom is -0.252 e. The molecule has 2 heterocycles. The molecule has 0 radical (unpaired) electrons. The molecule has 0 amide bonds. The van der Waals surface area contributed by atoms with Gasteiger partial charge < -0.3 is 0 Å². The molecule has 2 nitrogen and oxygen atoms in total. The van der Waals surface area contributed by atoms with Crippen LogP contribution in [0, 0.1) is 0 Å². The molecule has 0 N–H and O–H groups in total. The Kier molecular flexibility index (Phi) is 2.68. The maximum absolute atomic E-state index is 4.53. The summed E-state index contributed by atoms with van der Waals surface area (Å²) < 4.78 is 0. The molecule has 82 valence electrons. The normalized spacial score (nSPS) is 11.3. The molecule has 0 aliphatic heterocycles. The van der Waals surface area contributed by atoms with Gasteiger partial charge in [0.15, 0.2) is 0 Å². The molecule has 0 unspecified atom stereocenters. The fraction of sp³-hybridized carbons (Fsp3) is 0. The van der Waals surface area contributed by atoms with Crippen LogP contribution in [0.1, 0.15) is 10.6 Å². The van der Waals surface area contributed by atoms with E-state index in [0.29, 0.717) is 0 Å². The van der Waals surface area contributed by atoms with Gasteiger partial charge in [-0.1, -0.05) is 18.2 Å². The molecule has 0 aliphatic rings. The molecule has 0 atom stereocenters. The van der Waals surface area contributed by atoms with Gasteiger partial charge in [0.25, 0.3) is 0 Å². The van der Waals surface area contributed by atoms with Gasteiger partial charge in [-0.3, -0.25) is 4.98 Å². The second-order valence-electron chi connectivity index (χ2n) is 3.63. The van der Waals surface area contributed by atoms with E-state index in [-0.39, 0.29) is 0 Å². The highest BCUT2D eigenvalue weighted by molar-refractivity contribution is 7.10. The lowest BCUT2D eigenvalue weighted by molar-refractivity contribution is 1.27. The van der Waals surface area contributed by atoms with Crippen LogP contribution in [0.5, 0.6) is 0 Å². The van der Waals surface area contributed by atoms with Gasteiger partial charge in [0.05, 0.1) is 22.9 Å². The highest BCUT2D eigenvalue weighted by Gasteiger charge is 1.95. The van der Waals surface area contributed by atoms with Crippen molar-refractivity contribution in [2.45, 2.75) is 0 Å². The molecule has 1 aromatic carbocycles. The number of nitrogens with zero attached hydrogens (tertiary/aromatic N) is 2. The van der Waals surface area contributed by atoms with Crippen molar-refractivity contribution in [3.63, 3.8) is 0 Å². The van der Waals surface area contributed by atoms with Crippen molar-refractivity contribution in [1.82, 2.24) is 9.97 Å². The van der Waals surface area contributed by atoms with Crippen LogP contribution in [0.15, 0.2) is 48.0 Å². The van der Waals surface area contributed by atoms with Crippen LogP contribution in [-0.2, 0) is 0 Å². The average molecular weight is 238 g/mol. The number of hydrogen-bond acceptors (Lipinski definition) is 3. The van der Waals surface area contributed by atoms with Crippen LogP contribution < -0.4 is 0 Å². The van der Waals surface area contributed by atoms with Crippen molar-refractivity contribution in [1.29, 1.82) is 0 Å². The lowest BCUT2D eigenvalue weighted by atomic mass is 10.3. The fourth-order valence-corrected chi connectivity index (χ4v) is 2.22. The number of aromatic nitrogens is 2. The van der Waals surface area contributed by atoms with E-state index in [2.05, 4.69) is 27.5 Å². The molecule has 3 heteroatoms. The summed E-state index contributed by atoms with van der Waals surface area (Å²) in [5.41, 5.74) is 2.75. The van der Waals surface area contributed by atoms with Crippen LogP contribution in [0.2, 0.25) is 0 Å². The van der Waals surface area contributed by atoms with Gasteiger partial charge in [0.1, 0.15) is 0 Å². The first-order valence-electron chi connectivity index (χ1n) is 5.35. The topological polar surface area (TPSA) is 25.8 Å². The SMILES string of the molecule is C(=C\c1cccs1)/c1cnc2ccccc2n1. The largest absolute Gasteiger partial charge is 0.252 e. The number of benzene rings is 1. The fourth-order valence-electron chi connectivity index (χ4n) is 1.61. The Morgan fingerprint density at radius 1 is 0.941 bits per heavy atom. The minimum absolute atomic E-state index is 0.886. The van der Waals surface area contributed by atoms with E-state index in [1.165, 1.54) is 4.88 Å². The molecule has 0 bridgehead atoms. The second-order valence-corrected chi connectivity index (χ2v) is 4.61. The summed E-state index contributed by atoms with van der Waals surface area (Å²) in [5.74, 6) is 0. The molecule has 3 rings (SSSR count). The zero-order valence-corrected chi connectivity index (χ0v) is 9.89. The van der Waals surface area contributed by atoms with E-state index in [4.69, 9.17) is 0 Å². The number of para-hydroxylation sites is 2. The van der Waals surface area contributed by atoms with E-state index in [0.717, 1.165) is 16.7 Å². The van der Waals surface area contributed by atoms with Crippen molar-refractivity contribution in [2.75, 3.05) is 0 Å². The van der Waals surface area contributed by atoms with Gasteiger partial charge >= 0.3 is 0 Å². The third-order valence-electron chi connectivity index (χ3n) is 2.43. The summed E-state index contributed by atoms with van der Waals surface area (Å²) in [4.78, 5) is 10.1. The Morgan fingerprint density at radius 3 is 2.65 bits per heavy atom. The maximum Gasteiger partial charge on any atom is 0.0894 e. The summed E-state index contributed by atoms with van der Waals surface area (Å²) in [6, 6.07) is 12.0. The Bertz CT molecular complexity index is 657. The Hall–Kier alpha value is -2.00. The van der Waals surface area contributed by atoms with Crippen molar-refractivity contribution >= 4 is 34.5 Å². The van der Waals surface area contributed by atoms with Gasteiger partial charge in [-0.25, -0.2) is 4.98 Å². The Balaban J connectivity index is 1.96. The molecule has 3 aromatic rings. The van der Waals surface area contributed by atoms with Crippen molar-refractivity contribution in [2.24, 2.45) is 0 Å². The summed E-state index contributed by atoms with van der Waals surface area (Å²) in [6.45, 7) is 0. The Morgan fingerprint density at radius 2 is 1.82 bits per heavy atom. The van der Waals surface area contributed by atoms with Gasteiger partial charge in [-0.05, 0) is 35.7 Å². The lowest BCUT2D eigenvalue weighted by Gasteiger charge is -1.96. The van der Waals surface area contributed by atoms with Crippen LogP contribution in [0.3, 0.4) is 0 Å². The van der Waals surface area contributed by atoms with Gasteiger partial charge in [0.2, 0.25) is 0 Å². The summed E-state index contributed by atoms with van der Waals surface area (Å²) in [6.07, 6.45) is 5.85. The van der Waals surface area contributed by atoms with Crippen molar-refractivity contribution in [3.8, 4) is 0 Å². The first-order valence-corrected chi connectivity index (χ1v) is 6.23. The van der Waals surface area contributed by atoms with Crippen LogP contribution in [0.25, 0.3) is 23.2 Å². The predicted molar refractivity (Wildman–Crippen MR) is 72.8 cm³/mol. The molecule has 17 heavy (non-hydrogen) atoms. The van der Waals surface area contributed by atoms with E-state index < -0.39 is 0 Å². The van der Waals surface area contributed by atoms with Crippen molar-refractivity contribution < 1.29 is 0 Å². The van der Waals surface area contributed by atoms with Gasteiger partial charge in [0, 0.05) is 4.88 Å². The Labute approximate surface area is 103 Å². The summed E-state index contributed by atoms with van der Waals surface area (Å²) in [7, 11) is 0. The smallest absolute Gasteiger partial charge is 0.0894 e. The third-order valence-corrected chi connectivity index (χ3v) is 3.27. The average Bonchev–Trinajstić information content (AvgIpc) is 2.89. The number of fused-ring (bicyclic) bond motifs is 1. The quantitative estimate of drug-likeness (QED) is 0.677. The maximum atomic E-state index is 4.53. The molecule has 0 spiro atoms. The van der Waals surface area contributed by atoms with E-state index in [1.54, 1.807) is 17.5 Å². The van der Waals surface area contributed by atoms with Crippen molar-refractivity contribution in [3.05, 3.63) is 58.5 Å². The molecular formula is C14H10N2S. The molecule has 0 saturated carbocycles. The van der Waals surface area contributed by atoms with Crippen LogP contribution >= 0.6 is 11.3 Å². The highest BCUT2D eigenvalue weighted by Crippen LogP contribution is 2.14. The summed E-state index contributed by atoms with van der Waals surface area (Å²) in [5, 5.41) is 2.06. The first kappa shape index (κ1) is 10.2. The monoisotopic (exact) mass is 238 g/mol. The molecule has 0 saturated heterocycles. The molecule has 2 aromatic heterocycles. The van der Waals surface area contributed by atoms with Gasteiger partial charge in [-0.15, -0.1) is 11.3 Å². The first-order chi connectivity index (χ1) is 8.42. The minimum atomic E-state index is 0.886. The van der Waals surface area contributed by atoms with E-state index in [1.807, 2.05) is 36.4 Å². The second kappa shape index (κ2) is 4.47. The zero-order chi connectivity index (χ0) is 11.5. The number of hydrogen-bond donors (Lipinski definition) is 0. The van der Waals surface area contributed by atoms with E-state index in [9.17, 15) is 0 Å². The molecule has 0 fully saturated rings. The third kappa shape index (κ3) is 2.24. The molecular weight excluding hydrogens is 228 g/mol. The lowest BCUT2D eigenvalue weighted by Crippen LogP contribution is -1.86. The highest BCUT2D eigenvalue weighted by atomic mass is 32.1. The van der Waals surface area contributed by atoms with Gasteiger partial charge in [-0.2, -0.15) is 0 Å². The van der Waals surface area contributed by atoms with Crippen LogP contribution in [-0.4, -0.2) is 9.97 Å². The van der Waals surface area contributed by atoms with Crippen LogP contribution in [0.4, 0.5) is 0 Å². The number of rotatable bonds is 2. The molecule has 0 aliphatic carbocycles. The predicted octanol–water partition coefficient (Wildman–Crippen LogP) is 3.86. The zero-order valence-electron chi connectivity index (χ0n) is 9.08. The van der Waals surface area contributed by atoms with E-state index >= 15 is 0 Å².